The predicted molar refractivity (Wildman–Crippen MR) is 106 cm³/mol. The van der Waals surface area contributed by atoms with Crippen molar-refractivity contribution in [2.75, 3.05) is 33.7 Å². The van der Waals surface area contributed by atoms with Gasteiger partial charge in [0.2, 0.25) is 0 Å². The van der Waals surface area contributed by atoms with Crippen LogP contribution in [0.25, 0.3) is 0 Å². The Bertz CT molecular complexity index is 341. The molecule has 0 aromatic rings. The highest BCUT2D eigenvalue weighted by atomic mass is 127. The number of hydrogen-bond acceptors (Lipinski definition) is 2. The van der Waals surface area contributed by atoms with Crippen LogP contribution in [-0.2, 0) is 0 Å². The van der Waals surface area contributed by atoms with Gasteiger partial charge in [-0.1, -0.05) is 13.3 Å². The zero-order chi connectivity index (χ0) is 15.3. The largest absolute Gasteiger partial charge is 0.357 e. The van der Waals surface area contributed by atoms with Crippen molar-refractivity contribution in [1.82, 2.24) is 15.5 Å². The molecule has 0 heterocycles. The van der Waals surface area contributed by atoms with E-state index in [-0.39, 0.29) is 24.0 Å². The van der Waals surface area contributed by atoms with Gasteiger partial charge in [-0.15, -0.1) is 24.0 Å². The van der Waals surface area contributed by atoms with Crippen molar-refractivity contribution in [3.63, 3.8) is 0 Å². The lowest BCUT2D eigenvalue weighted by Gasteiger charge is -2.40. The molecule has 0 aromatic carbocycles. The SMILES string of the molecule is CCNC(=NCC1(CC)CCC1)NCC(C1CC1)N(C)C.I. The van der Waals surface area contributed by atoms with E-state index in [4.69, 9.17) is 4.99 Å². The van der Waals surface area contributed by atoms with Crippen LogP contribution < -0.4 is 10.6 Å². The van der Waals surface area contributed by atoms with Crippen LogP contribution in [0.2, 0.25) is 0 Å². The fraction of sp³-hybridized carbons (Fsp3) is 0.941. The van der Waals surface area contributed by atoms with Gasteiger partial charge >= 0.3 is 0 Å². The summed E-state index contributed by atoms with van der Waals surface area (Å²) in [6.45, 7) is 7.36. The van der Waals surface area contributed by atoms with Crippen molar-refractivity contribution in [3.05, 3.63) is 0 Å². The van der Waals surface area contributed by atoms with E-state index in [0.717, 1.165) is 31.5 Å². The van der Waals surface area contributed by atoms with Gasteiger partial charge in [-0.2, -0.15) is 0 Å². The van der Waals surface area contributed by atoms with Gasteiger partial charge in [-0.05, 0) is 64.5 Å². The normalized spacial score (nSPS) is 21.8. The molecule has 22 heavy (non-hydrogen) atoms. The third-order valence-electron chi connectivity index (χ3n) is 5.39. The molecule has 130 valence electrons. The van der Waals surface area contributed by atoms with Gasteiger partial charge in [0.15, 0.2) is 5.96 Å². The molecule has 0 aliphatic heterocycles. The molecule has 2 aliphatic rings. The summed E-state index contributed by atoms with van der Waals surface area (Å²) >= 11 is 0. The van der Waals surface area contributed by atoms with Crippen molar-refractivity contribution in [1.29, 1.82) is 0 Å². The smallest absolute Gasteiger partial charge is 0.191 e. The molecule has 2 N–H and O–H groups in total. The Morgan fingerprint density at radius 2 is 1.91 bits per heavy atom. The maximum absolute atomic E-state index is 4.87. The number of likely N-dealkylation sites (N-methyl/N-ethyl adjacent to an activating group) is 1. The second-order valence-electron chi connectivity index (χ2n) is 7.15. The molecule has 0 radical (unpaired) electrons. The van der Waals surface area contributed by atoms with E-state index in [1.165, 1.54) is 38.5 Å². The third kappa shape index (κ3) is 5.55. The average Bonchev–Trinajstić information content (AvgIpc) is 3.22. The second kappa shape index (κ2) is 9.30. The Labute approximate surface area is 153 Å². The minimum Gasteiger partial charge on any atom is -0.357 e. The lowest BCUT2D eigenvalue weighted by Crippen LogP contribution is -2.46. The molecule has 4 nitrogen and oxygen atoms in total. The Kier molecular flexibility index (Phi) is 8.46. The summed E-state index contributed by atoms with van der Waals surface area (Å²) in [5.74, 6) is 1.88. The zero-order valence-corrected chi connectivity index (χ0v) is 17.2. The fourth-order valence-electron chi connectivity index (χ4n) is 3.34. The van der Waals surface area contributed by atoms with Gasteiger partial charge in [0.05, 0.1) is 0 Å². The van der Waals surface area contributed by atoms with Crippen LogP contribution in [0.15, 0.2) is 4.99 Å². The van der Waals surface area contributed by atoms with Crippen LogP contribution in [0, 0.1) is 11.3 Å². The number of nitrogens with zero attached hydrogens (tertiary/aromatic N) is 2. The first-order chi connectivity index (χ1) is 10.1. The molecular formula is C17H35IN4. The summed E-state index contributed by atoms with van der Waals surface area (Å²) in [5.41, 5.74) is 0.500. The molecule has 2 fully saturated rings. The van der Waals surface area contributed by atoms with Crippen LogP contribution in [0.5, 0.6) is 0 Å². The van der Waals surface area contributed by atoms with E-state index in [2.05, 4.69) is 43.5 Å². The standard InChI is InChI=1S/C17H34N4.HI/c1-5-17(10-7-11-17)13-20-16(18-6-2)19-12-15(21(3)4)14-8-9-14;/h14-15H,5-13H2,1-4H3,(H2,18,19,20);1H. The summed E-state index contributed by atoms with van der Waals surface area (Å²) in [4.78, 5) is 7.22. The average molecular weight is 422 g/mol. The zero-order valence-electron chi connectivity index (χ0n) is 14.8. The molecule has 0 saturated heterocycles. The quantitative estimate of drug-likeness (QED) is 0.359. The number of halogens is 1. The second-order valence-corrected chi connectivity index (χ2v) is 7.15. The molecule has 2 aliphatic carbocycles. The van der Waals surface area contributed by atoms with Crippen LogP contribution in [-0.4, -0.2) is 50.6 Å². The third-order valence-corrected chi connectivity index (χ3v) is 5.39. The Hall–Kier alpha value is -0.0400. The van der Waals surface area contributed by atoms with Crippen molar-refractivity contribution in [2.45, 2.75) is 58.4 Å². The fourth-order valence-corrected chi connectivity index (χ4v) is 3.34. The minimum absolute atomic E-state index is 0. The Balaban J connectivity index is 0.00000242. The van der Waals surface area contributed by atoms with Crippen molar-refractivity contribution in [3.8, 4) is 0 Å². The Morgan fingerprint density at radius 3 is 2.32 bits per heavy atom. The van der Waals surface area contributed by atoms with E-state index < -0.39 is 0 Å². The summed E-state index contributed by atoms with van der Waals surface area (Å²) in [6, 6.07) is 0.637. The van der Waals surface area contributed by atoms with Crippen molar-refractivity contribution >= 4 is 29.9 Å². The highest BCUT2D eigenvalue weighted by molar-refractivity contribution is 14.0. The number of aliphatic imine (C=N–C) groups is 1. The summed E-state index contributed by atoms with van der Waals surface area (Å²) in [7, 11) is 4.38. The number of hydrogen-bond donors (Lipinski definition) is 2. The first-order valence-electron chi connectivity index (χ1n) is 8.79. The van der Waals surface area contributed by atoms with Crippen molar-refractivity contribution < 1.29 is 0 Å². The molecule has 0 amide bonds. The highest BCUT2D eigenvalue weighted by Crippen LogP contribution is 2.43. The topological polar surface area (TPSA) is 39.7 Å². The predicted octanol–water partition coefficient (Wildman–Crippen LogP) is 3.08. The number of guanidine groups is 1. The summed E-state index contributed by atoms with van der Waals surface area (Å²) < 4.78 is 0. The van der Waals surface area contributed by atoms with E-state index in [0.29, 0.717) is 11.5 Å². The highest BCUT2D eigenvalue weighted by Gasteiger charge is 2.35. The first kappa shape index (κ1) is 20.0. The van der Waals surface area contributed by atoms with Gasteiger partial charge in [-0.3, -0.25) is 4.99 Å². The monoisotopic (exact) mass is 422 g/mol. The van der Waals surface area contributed by atoms with Gasteiger partial charge in [-0.25, -0.2) is 0 Å². The van der Waals surface area contributed by atoms with E-state index >= 15 is 0 Å². The van der Waals surface area contributed by atoms with Crippen LogP contribution in [0.3, 0.4) is 0 Å². The first-order valence-corrected chi connectivity index (χ1v) is 8.79. The van der Waals surface area contributed by atoms with E-state index in [9.17, 15) is 0 Å². The summed E-state index contributed by atoms with van der Waals surface area (Å²) in [6.07, 6.45) is 8.13. The minimum atomic E-state index is 0. The van der Waals surface area contributed by atoms with Crippen LogP contribution in [0.4, 0.5) is 0 Å². The number of rotatable bonds is 8. The molecular weight excluding hydrogens is 387 g/mol. The van der Waals surface area contributed by atoms with Gasteiger partial charge in [0.25, 0.3) is 0 Å². The van der Waals surface area contributed by atoms with E-state index in [1.54, 1.807) is 0 Å². The summed E-state index contributed by atoms with van der Waals surface area (Å²) in [5, 5.41) is 6.97. The van der Waals surface area contributed by atoms with Gasteiger partial charge in [0.1, 0.15) is 0 Å². The maximum Gasteiger partial charge on any atom is 0.191 e. The molecule has 0 spiro atoms. The maximum atomic E-state index is 4.87. The lowest BCUT2D eigenvalue weighted by molar-refractivity contribution is 0.139. The molecule has 2 rings (SSSR count). The van der Waals surface area contributed by atoms with Gasteiger partial charge < -0.3 is 15.5 Å². The van der Waals surface area contributed by atoms with Gasteiger partial charge in [0, 0.05) is 25.7 Å². The van der Waals surface area contributed by atoms with Crippen LogP contribution in [0.1, 0.15) is 52.4 Å². The molecule has 1 atom stereocenters. The number of nitrogens with one attached hydrogen (secondary N) is 2. The Morgan fingerprint density at radius 1 is 1.23 bits per heavy atom. The molecule has 0 bridgehead atoms. The molecule has 5 heteroatoms. The molecule has 2 saturated carbocycles. The van der Waals surface area contributed by atoms with E-state index in [1.807, 2.05) is 0 Å². The molecule has 1 unspecified atom stereocenters. The van der Waals surface area contributed by atoms with Crippen molar-refractivity contribution in [2.24, 2.45) is 16.3 Å². The molecule has 0 aromatic heterocycles. The lowest BCUT2D eigenvalue weighted by atomic mass is 9.67. The van der Waals surface area contributed by atoms with Crippen LogP contribution >= 0.6 is 24.0 Å².